The summed E-state index contributed by atoms with van der Waals surface area (Å²) in [6, 6.07) is 10.7. The Bertz CT molecular complexity index is 1150. The van der Waals surface area contributed by atoms with Crippen LogP contribution in [0.1, 0.15) is 26.4 Å². The van der Waals surface area contributed by atoms with Crippen LogP contribution >= 0.6 is 0 Å². The zero-order valence-corrected chi connectivity index (χ0v) is 15.8. The van der Waals surface area contributed by atoms with Gasteiger partial charge in [0.2, 0.25) is 10.0 Å². The van der Waals surface area contributed by atoms with Gasteiger partial charge in [-0.3, -0.25) is 4.72 Å². The summed E-state index contributed by atoms with van der Waals surface area (Å²) in [5.41, 5.74) is 0.577. The van der Waals surface area contributed by atoms with Crippen LogP contribution in [0.2, 0.25) is 0 Å². The van der Waals surface area contributed by atoms with Crippen molar-refractivity contribution in [1.82, 2.24) is 5.16 Å². The van der Waals surface area contributed by atoms with Crippen molar-refractivity contribution in [2.75, 3.05) is 18.9 Å². The molecule has 0 spiro atoms. The second-order valence-corrected chi connectivity index (χ2v) is 7.45. The van der Waals surface area contributed by atoms with E-state index in [4.69, 9.17) is 4.52 Å². The van der Waals surface area contributed by atoms with E-state index in [1.807, 2.05) is 0 Å². The first-order chi connectivity index (χ1) is 13.3. The van der Waals surface area contributed by atoms with Crippen molar-refractivity contribution in [2.24, 2.45) is 0 Å². The van der Waals surface area contributed by atoms with E-state index in [0.29, 0.717) is 11.0 Å². The second kappa shape index (κ2) is 7.69. The molecule has 0 saturated carbocycles. The van der Waals surface area contributed by atoms with E-state index in [1.54, 1.807) is 24.3 Å². The van der Waals surface area contributed by atoms with Gasteiger partial charge in [0.15, 0.2) is 5.58 Å². The van der Waals surface area contributed by atoms with Crippen molar-refractivity contribution >= 4 is 38.6 Å². The van der Waals surface area contributed by atoms with E-state index < -0.39 is 27.7 Å². The van der Waals surface area contributed by atoms with Gasteiger partial charge in [0, 0.05) is 5.39 Å². The van der Waals surface area contributed by atoms with Gasteiger partial charge < -0.3 is 14.0 Å². The van der Waals surface area contributed by atoms with Gasteiger partial charge in [0.05, 0.1) is 31.0 Å². The molecule has 9 nitrogen and oxygen atoms in total. The smallest absolute Gasteiger partial charge is 0.339 e. The first-order valence-electron chi connectivity index (χ1n) is 7.99. The van der Waals surface area contributed by atoms with Crippen LogP contribution in [0.25, 0.3) is 11.0 Å². The Morgan fingerprint density at radius 2 is 1.79 bits per heavy atom. The standard InChI is InChI=1S/C18H16N2O7S/c1-25-17(21)11-7-8-13(18(22)26-2)14(9-11)20-28(23,24)10-15-12-5-3-4-6-16(12)27-19-15/h3-9,20H,10H2,1-2H3. The lowest BCUT2D eigenvalue weighted by molar-refractivity contribution is 0.0587. The Hall–Kier alpha value is -3.40. The van der Waals surface area contributed by atoms with Crippen LogP contribution in [-0.4, -0.2) is 39.7 Å². The number of rotatable bonds is 6. The number of carbonyl (C=O) groups is 2. The summed E-state index contributed by atoms with van der Waals surface area (Å²) in [5.74, 6) is -1.94. The maximum absolute atomic E-state index is 12.7. The monoisotopic (exact) mass is 404 g/mol. The summed E-state index contributed by atoms with van der Waals surface area (Å²) in [7, 11) is -1.64. The molecule has 0 radical (unpaired) electrons. The molecule has 0 amide bonds. The molecule has 0 unspecified atom stereocenters. The Morgan fingerprint density at radius 3 is 2.50 bits per heavy atom. The van der Waals surface area contributed by atoms with Gasteiger partial charge in [-0.1, -0.05) is 17.3 Å². The minimum Gasteiger partial charge on any atom is -0.465 e. The Morgan fingerprint density at radius 1 is 1.07 bits per heavy atom. The van der Waals surface area contributed by atoms with Crippen LogP contribution in [-0.2, 0) is 25.2 Å². The molecule has 0 fully saturated rings. The molecule has 0 atom stereocenters. The molecule has 0 aliphatic rings. The van der Waals surface area contributed by atoms with Crippen LogP contribution in [0, 0.1) is 0 Å². The topological polar surface area (TPSA) is 125 Å². The van der Waals surface area contributed by atoms with Gasteiger partial charge in [0.1, 0.15) is 11.4 Å². The van der Waals surface area contributed by atoms with Crippen LogP contribution in [0.4, 0.5) is 5.69 Å². The average Bonchev–Trinajstić information content (AvgIpc) is 3.08. The lowest BCUT2D eigenvalue weighted by Gasteiger charge is -2.12. The molecular weight excluding hydrogens is 388 g/mol. The molecule has 28 heavy (non-hydrogen) atoms. The zero-order chi connectivity index (χ0) is 20.3. The van der Waals surface area contributed by atoms with Crippen molar-refractivity contribution in [3.8, 4) is 0 Å². The third-order valence-corrected chi connectivity index (χ3v) is 5.07. The highest BCUT2D eigenvalue weighted by molar-refractivity contribution is 7.91. The van der Waals surface area contributed by atoms with Crippen molar-refractivity contribution in [2.45, 2.75) is 5.75 Å². The minimum absolute atomic E-state index is 0.0521. The first kappa shape index (κ1) is 19.4. The number of fused-ring (bicyclic) bond motifs is 1. The summed E-state index contributed by atoms with van der Waals surface area (Å²) in [5, 5.41) is 4.35. The van der Waals surface area contributed by atoms with E-state index >= 15 is 0 Å². The number of anilines is 1. The van der Waals surface area contributed by atoms with Crippen molar-refractivity contribution in [3.05, 3.63) is 59.3 Å². The highest BCUT2D eigenvalue weighted by Crippen LogP contribution is 2.24. The number of hydrogen-bond acceptors (Lipinski definition) is 8. The molecule has 0 bridgehead atoms. The number of nitrogens with one attached hydrogen (secondary N) is 1. The maximum atomic E-state index is 12.7. The van der Waals surface area contributed by atoms with Gasteiger partial charge in [-0.05, 0) is 30.3 Å². The Kier molecular flexibility index (Phi) is 5.32. The molecule has 0 aliphatic carbocycles. The fraction of sp³-hybridized carbons (Fsp3) is 0.167. The van der Waals surface area contributed by atoms with Gasteiger partial charge >= 0.3 is 11.9 Å². The van der Waals surface area contributed by atoms with Gasteiger partial charge in [0.25, 0.3) is 0 Å². The quantitative estimate of drug-likeness (QED) is 0.621. The van der Waals surface area contributed by atoms with Crippen molar-refractivity contribution in [1.29, 1.82) is 0 Å². The number of nitrogens with zero attached hydrogens (tertiary/aromatic N) is 1. The lowest BCUT2D eigenvalue weighted by Crippen LogP contribution is -2.18. The number of ether oxygens (including phenoxy) is 2. The number of aromatic nitrogens is 1. The largest absolute Gasteiger partial charge is 0.465 e. The third kappa shape index (κ3) is 3.96. The van der Waals surface area contributed by atoms with Crippen LogP contribution < -0.4 is 4.72 Å². The number of sulfonamides is 1. The zero-order valence-electron chi connectivity index (χ0n) is 15.0. The molecular formula is C18H16N2O7S. The highest BCUT2D eigenvalue weighted by atomic mass is 32.2. The SMILES string of the molecule is COC(=O)c1ccc(C(=O)OC)c(NS(=O)(=O)Cc2noc3ccccc23)c1. The predicted molar refractivity (Wildman–Crippen MR) is 99.4 cm³/mol. The van der Waals surface area contributed by atoms with Crippen molar-refractivity contribution < 1.29 is 32.0 Å². The van der Waals surface area contributed by atoms with E-state index in [0.717, 1.165) is 7.11 Å². The first-order valence-corrected chi connectivity index (χ1v) is 9.64. The molecule has 10 heteroatoms. The maximum Gasteiger partial charge on any atom is 0.339 e. The molecule has 3 aromatic rings. The van der Waals surface area contributed by atoms with E-state index in [1.165, 1.54) is 25.3 Å². The van der Waals surface area contributed by atoms with E-state index in [2.05, 4.69) is 19.4 Å². The molecule has 1 N–H and O–H groups in total. The molecule has 146 valence electrons. The minimum atomic E-state index is -3.99. The van der Waals surface area contributed by atoms with E-state index in [9.17, 15) is 18.0 Å². The Labute approximate surface area is 160 Å². The number of para-hydroxylation sites is 1. The third-order valence-electron chi connectivity index (χ3n) is 3.89. The van der Waals surface area contributed by atoms with Gasteiger partial charge in [-0.25, -0.2) is 18.0 Å². The number of carbonyl (C=O) groups excluding carboxylic acids is 2. The average molecular weight is 404 g/mol. The summed E-state index contributed by atoms with van der Waals surface area (Å²) in [6.45, 7) is 0. The molecule has 0 saturated heterocycles. The van der Waals surface area contributed by atoms with Crippen LogP contribution in [0.5, 0.6) is 0 Å². The van der Waals surface area contributed by atoms with Gasteiger partial charge in [-0.15, -0.1) is 0 Å². The summed E-state index contributed by atoms with van der Waals surface area (Å²) in [4.78, 5) is 23.7. The molecule has 0 aliphatic heterocycles. The van der Waals surface area contributed by atoms with E-state index in [-0.39, 0.29) is 22.5 Å². The molecule has 2 aromatic carbocycles. The normalized spacial score (nSPS) is 11.2. The Balaban J connectivity index is 1.96. The highest BCUT2D eigenvalue weighted by Gasteiger charge is 2.22. The predicted octanol–water partition coefficient (Wildman–Crippen LogP) is 2.34. The molecule has 1 aromatic heterocycles. The number of benzene rings is 2. The summed E-state index contributed by atoms with van der Waals surface area (Å²) < 4.78 is 42.0. The van der Waals surface area contributed by atoms with Gasteiger partial charge in [-0.2, -0.15) is 0 Å². The van der Waals surface area contributed by atoms with Crippen LogP contribution in [0.3, 0.4) is 0 Å². The molecule has 1 heterocycles. The molecule has 3 rings (SSSR count). The fourth-order valence-electron chi connectivity index (χ4n) is 2.59. The summed E-state index contributed by atoms with van der Waals surface area (Å²) in [6.07, 6.45) is 0. The number of hydrogen-bond donors (Lipinski definition) is 1. The number of methoxy groups -OCH3 is 2. The van der Waals surface area contributed by atoms with Crippen LogP contribution in [0.15, 0.2) is 47.0 Å². The number of esters is 2. The second-order valence-electron chi connectivity index (χ2n) is 5.73. The lowest BCUT2D eigenvalue weighted by atomic mass is 10.1. The summed E-state index contributed by atoms with van der Waals surface area (Å²) >= 11 is 0. The van der Waals surface area contributed by atoms with Crippen molar-refractivity contribution in [3.63, 3.8) is 0 Å². The fourth-order valence-corrected chi connectivity index (χ4v) is 3.73.